The number of cyclic esters (lactones) is 1. The Balaban J connectivity index is 2.65. The number of nitrogens with zero attached hydrogens (tertiary/aromatic N) is 1. The Morgan fingerprint density at radius 2 is 2.44 bits per heavy atom. The molecule has 0 saturated carbocycles. The number of ether oxygens (including phenoxy) is 1. The number of carbonyl (C=O) groups is 1. The molecule has 1 heterocycles. The van der Waals surface area contributed by atoms with Gasteiger partial charge in [0.2, 0.25) is 0 Å². The van der Waals surface area contributed by atoms with E-state index in [1.807, 2.05) is 6.92 Å². The summed E-state index contributed by atoms with van der Waals surface area (Å²) in [4.78, 5) is 12.1. The molecule has 50 valence electrons. The average molecular weight is 127 g/mol. The molecule has 0 unspecified atom stereocenters. The zero-order valence-electron chi connectivity index (χ0n) is 5.55. The molecule has 0 atom stereocenters. The molecule has 1 aliphatic rings. The number of allylic oxidation sites excluding steroid dienone is 1. The quantitative estimate of drug-likeness (QED) is 0.485. The van der Waals surface area contributed by atoms with Gasteiger partial charge in [-0.1, -0.05) is 0 Å². The number of hydrogen-bond donors (Lipinski definition) is 0. The van der Waals surface area contributed by atoms with Gasteiger partial charge in [0.15, 0.2) is 0 Å². The van der Waals surface area contributed by atoms with Crippen molar-refractivity contribution in [1.82, 2.24) is 4.90 Å². The van der Waals surface area contributed by atoms with Crippen LogP contribution >= 0.6 is 0 Å². The number of hydrogen-bond acceptors (Lipinski definition) is 2. The van der Waals surface area contributed by atoms with E-state index in [4.69, 9.17) is 4.74 Å². The van der Waals surface area contributed by atoms with Gasteiger partial charge in [0.1, 0.15) is 5.76 Å². The summed E-state index contributed by atoms with van der Waals surface area (Å²) in [6, 6.07) is 0. The van der Waals surface area contributed by atoms with E-state index in [9.17, 15) is 4.79 Å². The van der Waals surface area contributed by atoms with E-state index in [1.54, 1.807) is 13.1 Å². The van der Waals surface area contributed by atoms with Crippen LogP contribution in [0, 0.1) is 0 Å². The fourth-order valence-corrected chi connectivity index (χ4v) is 0.671. The first-order valence-electron chi connectivity index (χ1n) is 2.82. The Kier molecular flexibility index (Phi) is 1.42. The lowest BCUT2D eigenvalue weighted by atomic mass is 10.5. The summed E-state index contributed by atoms with van der Waals surface area (Å²) in [7, 11) is 1.71. The molecular formula is C6H9NO2. The summed E-state index contributed by atoms with van der Waals surface area (Å²) in [5.41, 5.74) is 0. The van der Waals surface area contributed by atoms with Crippen molar-refractivity contribution in [2.24, 2.45) is 0 Å². The summed E-state index contributed by atoms with van der Waals surface area (Å²) in [6.45, 7) is 2.46. The molecule has 3 nitrogen and oxygen atoms in total. The van der Waals surface area contributed by atoms with Gasteiger partial charge in [0.25, 0.3) is 0 Å². The summed E-state index contributed by atoms with van der Waals surface area (Å²) < 4.78 is 4.77. The minimum atomic E-state index is -0.261. The molecule has 0 aliphatic carbocycles. The van der Waals surface area contributed by atoms with Gasteiger partial charge in [0.05, 0.1) is 6.54 Å². The van der Waals surface area contributed by atoms with E-state index in [1.165, 1.54) is 4.90 Å². The molecule has 0 aromatic rings. The summed E-state index contributed by atoms with van der Waals surface area (Å²) in [6.07, 6.45) is 1.53. The standard InChI is InChI=1S/C6H9NO2/c1-3-5-4-7(2)6(8)9-5/h3H,4H2,1-2H3/b5-3+. The molecule has 1 amide bonds. The molecule has 0 aromatic heterocycles. The summed E-state index contributed by atoms with van der Waals surface area (Å²) in [5.74, 6) is 0.738. The summed E-state index contributed by atoms with van der Waals surface area (Å²) in [5, 5.41) is 0. The third-order valence-electron chi connectivity index (χ3n) is 1.25. The van der Waals surface area contributed by atoms with Crippen molar-refractivity contribution in [3.8, 4) is 0 Å². The second-order valence-corrected chi connectivity index (χ2v) is 1.98. The maximum atomic E-state index is 10.6. The second-order valence-electron chi connectivity index (χ2n) is 1.98. The van der Waals surface area contributed by atoms with Crippen LogP contribution in [0.2, 0.25) is 0 Å². The zero-order valence-corrected chi connectivity index (χ0v) is 5.55. The zero-order chi connectivity index (χ0) is 6.85. The van der Waals surface area contributed by atoms with Crippen molar-refractivity contribution >= 4 is 6.09 Å². The van der Waals surface area contributed by atoms with Crippen LogP contribution < -0.4 is 0 Å². The second kappa shape index (κ2) is 2.09. The largest absolute Gasteiger partial charge is 0.415 e. The van der Waals surface area contributed by atoms with Gasteiger partial charge < -0.3 is 9.64 Å². The van der Waals surface area contributed by atoms with Gasteiger partial charge >= 0.3 is 6.09 Å². The van der Waals surface area contributed by atoms with Crippen LogP contribution in [0.5, 0.6) is 0 Å². The number of carbonyl (C=O) groups excluding carboxylic acids is 1. The maximum absolute atomic E-state index is 10.6. The first kappa shape index (κ1) is 6.13. The Bertz CT molecular complexity index is 162. The fraction of sp³-hybridized carbons (Fsp3) is 0.500. The molecule has 0 spiro atoms. The molecule has 1 saturated heterocycles. The van der Waals surface area contributed by atoms with Crippen molar-refractivity contribution < 1.29 is 9.53 Å². The Morgan fingerprint density at radius 3 is 2.67 bits per heavy atom. The van der Waals surface area contributed by atoms with E-state index in [0.717, 1.165) is 5.76 Å². The number of likely N-dealkylation sites (N-methyl/N-ethyl adjacent to an activating group) is 1. The molecule has 0 bridgehead atoms. The van der Waals surface area contributed by atoms with Crippen LogP contribution in [-0.2, 0) is 4.74 Å². The van der Waals surface area contributed by atoms with Crippen molar-refractivity contribution in [3.05, 3.63) is 11.8 Å². The SMILES string of the molecule is C/C=C1\CN(C)C(=O)O1. The highest BCUT2D eigenvalue weighted by molar-refractivity contribution is 5.71. The van der Waals surface area contributed by atoms with Crippen molar-refractivity contribution in [1.29, 1.82) is 0 Å². The van der Waals surface area contributed by atoms with Gasteiger partial charge in [-0.05, 0) is 13.0 Å². The number of amides is 1. The monoisotopic (exact) mass is 127 g/mol. The van der Waals surface area contributed by atoms with Crippen LogP contribution in [-0.4, -0.2) is 24.6 Å². The Labute approximate surface area is 53.9 Å². The highest BCUT2D eigenvalue weighted by Crippen LogP contribution is 2.10. The lowest BCUT2D eigenvalue weighted by Crippen LogP contribution is -2.17. The molecule has 0 N–H and O–H groups in total. The normalized spacial score (nSPS) is 23.1. The van der Waals surface area contributed by atoms with Crippen LogP contribution in [0.4, 0.5) is 4.79 Å². The van der Waals surface area contributed by atoms with E-state index in [0.29, 0.717) is 6.54 Å². The number of rotatable bonds is 0. The Morgan fingerprint density at radius 1 is 1.78 bits per heavy atom. The lowest BCUT2D eigenvalue weighted by Gasteiger charge is -1.98. The van der Waals surface area contributed by atoms with Crippen molar-refractivity contribution in [2.45, 2.75) is 6.92 Å². The van der Waals surface area contributed by atoms with Crippen LogP contribution in [0.15, 0.2) is 11.8 Å². The predicted molar refractivity (Wildman–Crippen MR) is 32.9 cm³/mol. The van der Waals surface area contributed by atoms with Crippen LogP contribution in [0.1, 0.15) is 6.92 Å². The first-order valence-corrected chi connectivity index (χ1v) is 2.82. The van der Waals surface area contributed by atoms with Gasteiger partial charge in [-0.2, -0.15) is 0 Å². The summed E-state index contributed by atoms with van der Waals surface area (Å²) >= 11 is 0. The third kappa shape index (κ3) is 1.04. The van der Waals surface area contributed by atoms with Crippen molar-refractivity contribution in [2.75, 3.05) is 13.6 Å². The van der Waals surface area contributed by atoms with Crippen LogP contribution in [0.3, 0.4) is 0 Å². The van der Waals surface area contributed by atoms with Gasteiger partial charge in [-0.15, -0.1) is 0 Å². The minimum Gasteiger partial charge on any atom is -0.413 e. The minimum absolute atomic E-state index is 0.261. The topological polar surface area (TPSA) is 29.5 Å². The van der Waals surface area contributed by atoms with E-state index in [-0.39, 0.29) is 6.09 Å². The average Bonchev–Trinajstić information content (AvgIpc) is 2.13. The van der Waals surface area contributed by atoms with E-state index >= 15 is 0 Å². The molecule has 1 aliphatic heterocycles. The molecule has 1 rings (SSSR count). The van der Waals surface area contributed by atoms with Gasteiger partial charge in [-0.25, -0.2) is 4.79 Å². The molecule has 0 aromatic carbocycles. The molecule has 0 radical (unpaired) electrons. The van der Waals surface area contributed by atoms with Gasteiger partial charge in [0, 0.05) is 7.05 Å². The fourth-order valence-electron chi connectivity index (χ4n) is 0.671. The van der Waals surface area contributed by atoms with Crippen molar-refractivity contribution in [3.63, 3.8) is 0 Å². The third-order valence-corrected chi connectivity index (χ3v) is 1.25. The first-order chi connectivity index (χ1) is 4.24. The highest BCUT2D eigenvalue weighted by Gasteiger charge is 2.21. The van der Waals surface area contributed by atoms with Crippen LogP contribution in [0.25, 0.3) is 0 Å². The maximum Gasteiger partial charge on any atom is 0.415 e. The molecule has 9 heavy (non-hydrogen) atoms. The van der Waals surface area contributed by atoms with E-state index in [2.05, 4.69) is 0 Å². The predicted octanol–water partition coefficient (Wildman–Crippen LogP) is 0.972. The van der Waals surface area contributed by atoms with Gasteiger partial charge in [-0.3, -0.25) is 0 Å². The molecular weight excluding hydrogens is 118 g/mol. The molecule has 1 fully saturated rings. The molecule has 3 heteroatoms. The van der Waals surface area contributed by atoms with E-state index < -0.39 is 0 Å². The Hall–Kier alpha value is -0.990. The highest BCUT2D eigenvalue weighted by atomic mass is 16.6. The lowest BCUT2D eigenvalue weighted by molar-refractivity contribution is 0.175. The smallest absolute Gasteiger partial charge is 0.413 e.